The van der Waals surface area contributed by atoms with Gasteiger partial charge in [-0.3, -0.25) is 9.59 Å². The highest BCUT2D eigenvalue weighted by atomic mass is 32.2. The number of fused-ring (bicyclic) bond motifs is 1. The summed E-state index contributed by atoms with van der Waals surface area (Å²) in [7, 11) is -3.62. The van der Waals surface area contributed by atoms with Crippen LogP contribution in [-0.2, 0) is 25.8 Å². The number of benzene rings is 2. The first-order chi connectivity index (χ1) is 13.8. The van der Waals surface area contributed by atoms with E-state index < -0.39 is 9.84 Å². The van der Waals surface area contributed by atoms with Gasteiger partial charge in [0.1, 0.15) is 0 Å². The maximum atomic E-state index is 12.7. The number of carbonyl (C=O) groups excluding carboxylic acids is 2. The van der Waals surface area contributed by atoms with Gasteiger partial charge in [-0.05, 0) is 48.7 Å². The average Bonchev–Trinajstić information content (AvgIpc) is 2.72. The zero-order valence-corrected chi connectivity index (χ0v) is 18.0. The van der Waals surface area contributed by atoms with Gasteiger partial charge in [0.2, 0.25) is 11.8 Å². The number of anilines is 2. The third-order valence-corrected chi connectivity index (χ3v) is 7.88. The largest absolute Gasteiger partial charge is 0.326 e. The molecular weight excluding hydrogens is 408 g/mol. The van der Waals surface area contributed by atoms with E-state index in [-0.39, 0.29) is 34.1 Å². The summed E-state index contributed by atoms with van der Waals surface area (Å²) in [6.07, 6.45) is 1.44. The van der Waals surface area contributed by atoms with Crippen molar-refractivity contribution >= 4 is 44.8 Å². The summed E-state index contributed by atoms with van der Waals surface area (Å²) >= 11 is 1.37. The molecule has 1 unspecified atom stereocenters. The van der Waals surface area contributed by atoms with E-state index in [0.29, 0.717) is 17.8 Å². The highest BCUT2D eigenvalue weighted by molar-refractivity contribution is 8.01. The van der Waals surface area contributed by atoms with Gasteiger partial charge in [0.05, 0.1) is 21.6 Å². The summed E-state index contributed by atoms with van der Waals surface area (Å²) in [5, 5.41) is 5.31. The van der Waals surface area contributed by atoms with E-state index in [2.05, 4.69) is 10.6 Å². The normalized spacial score (nSPS) is 16.1. The Bertz CT molecular complexity index is 1020. The molecule has 0 fully saturated rings. The fourth-order valence-electron chi connectivity index (χ4n) is 2.98. The molecule has 0 aliphatic carbocycles. The van der Waals surface area contributed by atoms with Gasteiger partial charge in [0.25, 0.3) is 0 Å². The maximum absolute atomic E-state index is 12.7. The van der Waals surface area contributed by atoms with Gasteiger partial charge in [-0.15, -0.1) is 11.8 Å². The van der Waals surface area contributed by atoms with Crippen molar-refractivity contribution in [2.75, 3.05) is 16.4 Å². The lowest BCUT2D eigenvalue weighted by atomic mass is 10.1. The van der Waals surface area contributed by atoms with Gasteiger partial charge in [0.15, 0.2) is 9.84 Å². The van der Waals surface area contributed by atoms with Crippen LogP contribution in [0.25, 0.3) is 0 Å². The minimum Gasteiger partial charge on any atom is -0.326 e. The van der Waals surface area contributed by atoms with Crippen LogP contribution >= 0.6 is 11.8 Å². The molecule has 1 aliphatic heterocycles. The highest BCUT2D eigenvalue weighted by Crippen LogP contribution is 2.38. The lowest BCUT2D eigenvalue weighted by Gasteiger charge is -2.23. The maximum Gasteiger partial charge on any atom is 0.237 e. The Morgan fingerprint density at radius 2 is 1.86 bits per heavy atom. The van der Waals surface area contributed by atoms with Crippen molar-refractivity contribution in [2.45, 2.75) is 48.2 Å². The van der Waals surface area contributed by atoms with E-state index in [9.17, 15) is 18.0 Å². The van der Waals surface area contributed by atoms with Gasteiger partial charge in [0, 0.05) is 17.0 Å². The van der Waals surface area contributed by atoms with Crippen molar-refractivity contribution in [3.05, 3.63) is 48.0 Å². The SMILES string of the molecule is CCc1ccc(NC(=O)CCS(=O)(=O)c2ccc3c(c2)SC(CC)C(=O)N3)cc1. The molecule has 2 aromatic carbocycles. The number of rotatable bonds is 7. The van der Waals surface area contributed by atoms with Gasteiger partial charge < -0.3 is 10.6 Å². The number of hydrogen-bond acceptors (Lipinski definition) is 5. The molecule has 1 atom stereocenters. The second kappa shape index (κ2) is 9.00. The summed E-state index contributed by atoms with van der Waals surface area (Å²) in [6, 6.07) is 12.1. The van der Waals surface area contributed by atoms with Crippen molar-refractivity contribution < 1.29 is 18.0 Å². The van der Waals surface area contributed by atoms with Crippen LogP contribution in [0.15, 0.2) is 52.3 Å². The topological polar surface area (TPSA) is 92.3 Å². The van der Waals surface area contributed by atoms with Crippen LogP contribution in [0.3, 0.4) is 0 Å². The van der Waals surface area contributed by atoms with E-state index in [1.807, 2.05) is 38.1 Å². The summed E-state index contributed by atoms with van der Waals surface area (Å²) < 4.78 is 25.4. The molecule has 154 valence electrons. The molecule has 1 heterocycles. The third kappa shape index (κ3) is 5.19. The monoisotopic (exact) mass is 432 g/mol. The van der Waals surface area contributed by atoms with Crippen LogP contribution in [0.5, 0.6) is 0 Å². The highest BCUT2D eigenvalue weighted by Gasteiger charge is 2.27. The first kappa shape index (κ1) is 21.4. The van der Waals surface area contributed by atoms with Crippen LogP contribution in [0.2, 0.25) is 0 Å². The van der Waals surface area contributed by atoms with Gasteiger partial charge in [-0.1, -0.05) is 26.0 Å². The van der Waals surface area contributed by atoms with Crippen molar-refractivity contribution in [1.82, 2.24) is 0 Å². The lowest BCUT2D eigenvalue weighted by Crippen LogP contribution is -2.28. The molecule has 0 saturated carbocycles. The molecule has 2 aromatic rings. The van der Waals surface area contributed by atoms with Crippen molar-refractivity contribution in [3.8, 4) is 0 Å². The van der Waals surface area contributed by atoms with Gasteiger partial charge in [-0.25, -0.2) is 8.42 Å². The lowest BCUT2D eigenvalue weighted by molar-refractivity contribution is -0.116. The molecule has 2 N–H and O–H groups in total. The standard InChI is InChI=1S/C21H24N2O4S2/c1-3-14-5-7-15(8-6-14)22-20(24)11-12-29(26,27)16-9-10-17-19(13-16)28-18(4-2)21(25)23-17/h5-10,13,18H,3-4,11-12H2,1-2H3,(H,22,24)(H,23,25). The van der Waals surface area contributed by atoms with Crippen molar-refractivity contribution in [2.24, 2.45) is 0 Å². The molecular formula is C21H24N2O4S2. The fourth-order valence-corrected chi connectivity index (χ4v) is 5.40. The minimum atomic E-state index is -3.62. The number of aryl methyl sites for hydroxylation is 1. The van der Waals surface area contributed by atoms with E-state index in [0.717, 1.165) is 16.9 Å². The van der Waals surface area contributed by atoms with Crippen LogP contribution < -0.4 is 10.6 Å². The predicted molar refractivity (Wildman–Crippen MR) is 116 cm³/mol. The first-order valence-corrected chi connectivity index (χ1v) is 12.1. The Morgan fingerprint density at radius 3 is 2.52 bits per heavy atom. The Kier molecular flexibility index (Phi) is 6.64. The molecule has 0 bridgehead atoms. The fraction of sp³-hybridized carbons (Fsp3) is 0.333. The van der Waals surface area contributed by atoms with E-state index in [1.165, 1.54) is 17.8 Å². The zero-order valence-electron chi connectivity index (χ0n) is 16.4. The molecule has 1 aliphatic rings. The second-order valence-corrected chi connectivity index (χ2v) is 10.2. The second-order valence-electron chi connectivity index (χ2n) is 6.83. The average molecular weight is 433 g/mol. The molecule has 3 rings (SSSR count). The number of sulfone groups is 1. The summed E-state index contributed by atoms with van der Waals surface area (Å²) in [4.78, 5) is 25.0. The number of nitrogens with one attached hydrogen (secondary N) is 2. The number of thioether (sulfide) groups is 1. The van der Waals surface area contributed by atoms with Crippen molar-refractivity contribution in [1.29, 1.82) is 0 Å². The van der Waals surface area contributed by atoms with E-state index in [4.69, 9.17) is 0 Å². The Labute approximate surface area is 175 Å². The molecule has 8 heteroatoms. The molecule has 2 amide bonds. The van der Waals surface area contributed by atoms with E-state index in [1.54, 1.807) is 12.1 Å². The van der Waals surface area contributed by atoms with Gasteiger partial charge >= 0.3 is 0 Å². The summed E-state index contributed by atoms with van der Waals surface area (Å²) in [5.74, 6) is -0.688. The molecule has 0 saturated heterocycles. The van der Waals surface area contributed by atoms with Crippen LogP contribution in [0.4, 0.5) is 11.4 Å². The van der Waals surface area contributed by atoms with Gasteiger partial charge in [-0.2, -0.15) is 0 Å². The van der Waals surface area contributed by atoms with Crippen LogP contribution in [-0.4, -0.2) is 31.2 Å². The summed E-state index contributed by atoms with van der Waals surface area (Å²) in [5.41, 5.74) is 2.44. The minimum absolute atomic E-state index is 0.0655. The molecule has 0 aromatic heterocycles. The van der Waals surface area contributed by atoms with Crippen LogP contribution in [0.1, 0.15) is 32.3 Å². The first-order valence-electron chi connectivity index (χ1n) is 9.55. The Hall–Kier alpha value is -2.32. The summed E-state index contributed by atoms with van der Waals surface area (Å²) in [6.45, 7) is 3.96. The Morgan fingerprint density at radius 1 is 1.14 bits per heavy atom. The Balaban J connectivity index is 1.65. The molecule has 0 spiro atoms. The van der Waals surface area contributed by atoms with E-state index >= 15 is 0 Å². The molecule has 29 heavy (non-hydrogen) atoms. The number of carbonyl (C=O) groups is 2. The van der Waals surface area contributed by atoms with Crippen LogP contribution in [0, 0.1) is 0 Å². The predicted octanol–water partition coefficient (Wildman–Crippen LogP) is 3.87. The third-order valence-electron chi connectivity index (χ3n) is 4.75. The van der Waals surface area contributed by atoms with Crippen molar-refractivity contribution in [3.63, 3.8) is 0 Å². The quantitative estimate of drug-likeness (QED) is 0.693. The molecule has 0 radical (unpaired) electrons. The number of hydrogen-bond donors (Lipinski definition) is 2. The zero-order chi connectivity index (χ0) is 21.0. The molecule has 6 nitrogen and oxygen atoms in total. The number of amides is 2. The smallest absolute Gasteiger partial charge is 0.237 e.